The van der Waals surface area contributed by atoms with Crippen molar-refractivity contribution < 1.29 is 14.8 Å². The molecule has 1 saturated heterocycles. The van der Waals surface area contributed by atoms with Crippen LogP contribution in [0.25, 0.3) is 0 Å². The van der Waals surface area contributed by atoms with E-state index in [0.717, 1.165) is 30.3 Å². The minimum absolute atomic E-state index is 0.533. The van der Waals surface area contributed by atoms with Crippen molar-refractivity contribution >= 4 is 12.6 Å². The Balaban J connectivity index is 1.78. The summed E-state index contributed by atoms with van der Waals surface area (Å²) in [7, 11) is 0.247. The van der Waals surface area contributed by atoms with Gasteiger partial charge in [0.15, 0.2) is 0 Å². The molecule has 1 saturated carbocycles. The molecule has 0 aromatic heterocycles. The Hall–Kier alpha value is -1.04. The summed E-state index contributed by atoms with van der Waals surface area (Å²) in [5.74, 6) is 1.69. The topological polar surface area (TPSA) is 52.9 Å². The van der Waals surface area contributed by atoms with Crippen molar-refractivity contribution in [3.05, 3.63) is 23.8 Å². The van der Waals surface area contributed by atoms with Gasteiger partial charge >= 0.3 is 7.12 Å². The maximum absolute atomic E-state index is 9.36. The predicted octanol–water partition coefficient (Wildman–Crippen LogP) is 1.14. The lowest BCUT2D eigenvalue weighted by molar-refractivity contribution is 0.174. The van der Waals surface area contributed by atoms with Crippen molar-refractivity contribution in [1.82, 2.24) is 4.90 Å². The number of likely N-dealkylation sites (tertiary alicyclic amines) is 1. The summed E-state index contributed by atoms with van der Waals surface area (Å²) < 4.78 is 5.44. The molecular weight excluding hydrogens is 265 g/mol. The van der Waals surface area contributed by atoms with Crippen molar-refractivity contribution in [3.8, 4) is 5.75 Å². The van der Waals surface area contributed by atoms with Crippen molar-refractivity contribution in [2.45, 2.75) is 44.7 Å². The van der Waals surface area contributed by atoms with E-state index in [4.69, 9.17) is 4.74 Å². The molecule has 2 N–H and O–H groups in total. The number of nitrogens with zero attached hydrogens (tertiary/aromatic N) is 1. The SMILES string of the molecule is COc1ccc(B(O)O)cc1CN1CCC2CCCCC21. The van der Waals surface area contributed by atoms with Crippen LogP contribution in [0.4, 0.5) is 0 Å². The van der Waals surface area contributed by atoms with Gasteiger partial charge in [0.1, 0.15) is 5.75 Å². The van der Waals surface area contributed by atoms with E-state index >= 15 is 0 Å². The second-order valence-corrected chi connectivity index (χ2v) is 6.32. The van der Waals surface area contributed by atoms with Crippen molar-refractivity contribution in [3.63, 3.8) is 0 Å². The van der Waals surface area contributed by atoms with Gasteiger partial charge in [-0.2, -0.15) is 0 Å². The molecule has 1 aliphatic carbocycles. The number of hydrogen-bond donors (Lipinski definition) is 2. The highest BCUT2D eigenvalue weighted by Crippen LogP contribution is 2.37. The van der Waals surface area contributed by atoms with Crippen LogP contribution in [0.5, 0.6) is 5.75 Å². The summed E-state index contributed by atoms with van der Waals surface area (Å²) in [5.41, 5.74) is 1.58. The van der Waals surface area contributed by atoms with Crippen LogP contribution in [0.15, 0.2) is 18.2 Å². The van der Waals surface area contributed by atoms with Crippen LogP contribution in [0, 0.1) is 5.92 Å². The second kappa shape index (κ2) is 6.38. The highest BCUT2D eigenvalue weighted by atomic mass is 16.5. The van der Waals surface area contributed by atoms with Gasteiger partial charge in [-0.05, 0) is 43.3 Å². The molecule has 2 atom stereocenters. The van der Waals surface area contributed by atoms with Crippen LogP contribution in [0.1, 0.15) is 37.7 Å². The average Bonchev–Trinajstić information content (AvgIpc) is 2.90. The highest BCUT2D eigenvalue weighted by molar-refractivity contribution is 6.58. The van der Waals surface area contributed by atoms with Gasteiger partial charge in [0, 0.05) is 18.2 Å². The molecule has 0 amide bonds. The summed E-state index contributed by atoms with van der Waals surface area (Å²) in [6.07, 6.45) is 6.69. The molecule has 0 spiro atoms. The number of benzene rings is 1. The van der Waals surface area contributed by atoms with E-state index in [1.165, 1.54) is 32.1 Å². The Morgan fingerprint density at radius 1 is 1.24 bits per heavy atom. The van der Waals surface area contributed by atoms with E-state index < -0.39 is 7.12 Å². The number of methoxy groups -OCH3 is 1. The fraction of sp³-hybridized carbons (Fsp3) is 0.625. The van der Waals surface area contributed by atoms with Crippen LogP contribution >= 0.6 is 0 Å². The summed E-state index contributed by atoms with van der Waals surface area (Å²) >= 11 is 0. The minimum atomic E-state index is -1.42. The monoisotopic (exact) mass is 289 g/mol. The summed E-state index contributed by atoms with van der Waals surface area (Å²) in [6, 6.07) is 6.10. The Kier molecular flexibility index (Phi) is 4.52. The Morgan fingerprint density at radius 3 is 2.81 bits per heavy atom. The Morgan fingerprint density at radius 2 is 2.05 bits per heavy atom. The van der Waals surface area contributed by atoms with Crippen LogP contribution in [-0.4, -0.2) is 41.8 Å². The summed E-state index contributed by atoms with van der Waals surface area (Å²) in [4.78, 5) is 2.55. The van der Waals surface area contributed by atoms with Gasteiger partial charge in [0.25, 0.3) is 0 Å². The Labute approximate surface area is 126 Å². The fourth-order valence-corrected chi connectivity index (χ4v) is 4.00. The molecule has 2 aliphatic rings. The second-order valence-electron chi connectivity index (χ2n) is 6.32. The van der Waals surface area contributed by atoms with E-state index in [1.54, 1.807) is 13.2 Å². The molecule has 5 heteroatoms. The molecule has 21 heavy (non-hydrogen) atoms. The highest BCUT2D eigenvalue weighted by Gasteiger charge is 2.35. The van der Waals surface area contributed by atoms with Crippen LogP contribution < -0.4 is 10.2 Å². The van der Waals surface area contributed by atoms with E-state index in [1.807, 2.05) is 12.1 Å². The van der Waals surface area contributed by atoms with Crippen LogP contribution in [0.3, 0.4) is 0 Å². The fourth-order valence-electron chi connectivity index (χ4n) is 4.00. The van der Waals surface area contributed by atoms with Crippen molar-refractivity contribution in [2.75, 3.05) is 13.7 Å². The minimum Gasteiger partial charge on any atom is -0.496 e. The third-order valence-corrected chi connectivity index (χ3v) is 5.10. The lowest BCUT2D eigenvalue weighted by Crippen LogP contribution is -2.35. The number of rotatable bonds is 4. The summed E-state index contributed by atoms with van der Waals surface area (Å²) in [6.45, 7) is 1.98. The van der Waals surface area contributed by atoms with Gasteiger partial charge in [-0.1, -0.05) is 25.0 Å². The van der Waals surface area contributed by atoms with Gasteiger partial charge in [-0.15, -0.1) is 0 Å². The number of fused-ring (bicyclic) bond motifs is 1. The normalized spacial score (nSPS) is 25.7. The molecular formula is C16H24BNO3. The molecule has 4 nitrogen and oxygen atoms in total. The first kappa shape index (κ1) is 14.9. The molecule has 1 aromatic carbocycles. The molecule has 3 rings (SSSR count). The molecule has 1 heterocycles. The zero-order chi connectivity index (χ0) is 14.8. The maximum atomic E-state index is 9.36. The van der Waals surface area contributed by atoms with Gasteiger partial charge in [0.2, 0.25) is 0 Å². The predicted molar refractivity (Wildman–Crippen MR) is 83.6 cm³/mol. The smallest absolute Gasteiger partial charge is 0.488 e. The van der Waals surface area contributed by atoms with E-state index in [-0.39, 0.29) is 0 Å². The maximum Gasteiger partial charge on any atom is 0.488 e. The molecule has 0 radical (unpaired) electrons. The molecule has 0 bridgehead atoms. The zero-order valence-corrected chi connectivity index (χ0v) is 12.7. The Bertz CT molecular complexity index is 494. The van der Waals surface area contributed by atoms with Gasteiger partial charge in [-0.25, -0.2) is 0 Å². The van der Waals surface area contributed by atoms with Crippen molar-refractivity contribution in [1.29, 1.82) is 0 Å². The first-order chi connectivity index (χ1) is 10.2. The van der Waals surface area contributed by atoms with Gasteiger partial charge in [-0.3, -0.25) is 4.90 Å². The van der Waals surface area contributed by atoms with Crippen molar-refractivity contribution in [2.24, 2.45) is 5.92 Å². The van der Waals surface area contributed by atoms with E-state index in [9.17, 15) is 10.0 Å². The largest absolute Gasteiger partial charge is 0.496 e. The molecule has 1 aromatic rings. The third-order valence-electron chi connectivity index (χ3n) is 5.10. The lowest BCUT2D eigenvalue weighted by atomic mass is 9.79. The third kappa shape index (κ3) is 3.10. The summed E-state index contributed by atoms with van der Waals surface area (Å²) in [5, 5.41) is 18.7. The van der Waals surface area contributed by atoms with Gasteiger partial charge < -0.3 is 14.8 Å². The number of hydrogen-bond acceptors (Lipinski definition) is 4. The first-order valence-electron chi connectivity index (χ1n) is 7.96. The lowest BCUT2D eigenvalue weighted by Gasteiger charge is -2.32. The average molecular weight is 289 g/mol. The van der Waals surface area contributed by atoms with Crippen LogP contribution in [-0.2, 0) is 6.54 Å². The molecule has 114 valence electrons. The van der Waals surface area contributed by atoms with Gasteiger partial charge in [0.05, 0.1) is 7.11 Å². The standard InChI is InChI=1S/C16H24BNO3/c1-21-16-7-6-14(17(19)20)10-13(16)11-18-9-8-12-4-2-3-5-15(12)18/h6-7,10,12,15,19-20H,2-5,8-9,11H2,1H3. The first-order valence-corrected chi connectivity index (χ1v) is 7.96. The van der Waals surface area contributed by atoms with E-state index in [2.05, 4.69) is 4.90 Å². The number of ether oxygens (including phenoxy) is 1. The molecule has 2 fully saturated rings. The zero-order valence-electron chi connectivity index (χ0n) is 12.7. The quantitative estimate of drug-likeness (QED) is 0.816. The molecule has 2 unspecified atom stereocenters. The molecule has 1 aliphatic heterocycles. The van der Waals surface area contributed by atoms with Crippen LogP contribution in [0.2, 0.25) is 0 Å². The van der Waals surface area contributed by atoms with E-state index in [0.29, 0.717) is 11.5 Å².